The fourth-order valence-electron chi connectivity index (χ4n) is 2.97. The zero-order valence-electron chi connectivity index (χ0n) is 13.6. The lowest BCUT2D eigenvalue weighted by atomic mass is 10.1. The van der Waals surface area contributed by atoms with Crippen molar-refractivity contribution in [2.45, 2.75) is 0 Å². The zero-order chi connectivity index (χ0) is 17.1. The summed E-state index contributed by atoms with van der Waals surface area (Å²) in [5, 5.41) is 9.02. The second kappa shape index (κ2) is 6.70. The monoisotopic (exact) mass is 327 g/mol. The summed E-state index contributed by atoms with van der Waals surface area (Å²) in [6.07, 6.45) is 0. The molecule has 0 spiro atoms. The average molecular weight is 327 g/mol. The van der Waals surface area contributed by atoms with Gasteiger partial charge in [0.15, 0.2) is 0 Å². The average Bonchev–Trinajstić information content (AvgIpc) is 2.62. The summed E-state index contributed by atoms with van der Waals surface area (Å²) in [6, 6.07) is 13.0. The molecule has 0 bridgehead atoms. The van der Waals surface area contributed by atoms with Gasteiger partial charge in [-0.2, -0.15) is 0 Å². The van der Waals surface area contributed by atoms with E-state index in [2.05, 4.69) is 21.9 Å². The van der Waals surface area contributed by atoms with Crippen molar-refractivity contribution < 1.29 is 14.6 Å². The third kappa shape index (κ3) is 3.22. The minimum atomic E-state index is -0.961. The Hall–Kier alpha value is -2.89. The standard InChI is InChI=1S/C18H21N3O3/c1-24-15-5-3-14(4-6-15)20-8-10-21(11-9-20)17-7-2-13(18(22)23)12-16(17)19/h2-7,12H,8-11,19H2,1H3,(H,22,23). The van der Waals surface area contributed by atoms with Gasteiger partial charge in [-0.25, -0.2) is 4.79 Å². The molecule has 2 aromatic carbocycles. The summed E-state index contributed by atoms with van der Waals surface area (Å²) < 4.78 is 5.19. The molecular formula is C18H21N3O3. The van der Waals surface area contributed by atoms with Crippen LogP contribution in [0.1, 0.15) is 10.4 Å². The number of carbonyl (C=O) groups is 1. The SMILES string of the molecule is COc1ccc(N2CCN(c3ccc(C(=O)O)cc3N)CC2)cc1. The van der Waals surface area contributed by atoms with Crippen LogP contribution in [0.5, 0.6) is 5.75 Å². The van der Waals surface area contributed by atoms with Crippen LogP contribution >= 0.6 is 0 Å². The Labute approximate surface area is 141 Å². The third-order valence-electron chi connectivity index (χ3n) is 4.33. The Balaban J connectivity index is 1.67. The fourth-order valence-corrected chi connectivity index (χ4v) is 2.97. The van der Waals surface area contributed by atoms with E-state index in [1.54, 1.807) is 19.2 Å². The molecule has 0 saturated carbocycles. The van der Waals surface area contributed by atoms with E-state index in [1.807, 2.05) is 12.1 Å². The maximum atomic E-state index is 11.0. The van der Waals surface area contributed by atoms with E-state index in [9.17, 15) is 4.79 Å². The van der Waals surface area contributed by atoms with Crippen LogP contribution in [0.3, 0.4) is 0 Å². The highest BCUT2D eigenvalue weighted by Crippen LogP contribution is 2.27. The highest BCUT2D eigenvalue weighted by Gasteiger charge is 2.19. The van der Waals surface area contributed by atoms with Crippen LogP contribution in [-0.4, -0.2) is 44.4 Å². The number of piperazine rings is 1. The molecule has 1 aliphatic heterocycles. The van der Waals surface area contributed by atoms with Gasteiger partial charge in [-0.05, 0) is 42.5 Å². The van der Waals surface area contributed by atoms with Gasteiger partial charge in [0.2, 0.25) is 0 Å². The Morgan fingerprint density at radius 1 is 1.04 bits per heavy atom. The lowest BCUT2D eigenvalue weighted by Gasteiger charge is -2.37. The first-order chi connectivity index (χ1) is 11.6. The molecule has 1 saturated heterocycles. The molecule has 1 heterocycles. The summed E-state index contributed by atoms with van der Waals surface area (Å²) in [4.78, 5) is 15.5. The Bertz CT molecular complexity index is 723. The van der Waals surface area contributed by atoms with Crippen molar-refractivity contribution >= 4 is 23.0 Å². The van der Waals surface area contributed by atoms with E-state index in [0.29, 0.717) is 5.69 Å². The van der Waals surface area contributed by atoms with E-state index >= 15 is 0 Å². The minimum absolute atomic E-state index is 0.216. The summed E-state index contributed by atoms with van der Waals surface area (Å²) in [7, 11) is 1.66. The predicted octanol–water partition coefficient (Wildman–Crippen LogP) is 2.30. The molecule has 126 valence electrons. The van der Waals surface area contributed by atoms with Gasteiger partial charge >= 0.3 is 5.97 Å². The summed E-state index contributed by atoms with van der Waals surface area (Å²) in [5.74, 6) is -0.110. The molecule has 6 heteroatoms. The number of carboxylic acid groups (broad SMARTS) is 1. The van der Waals surface area contributed by atoms with Crippen LogP contribution in [0.4, 0.5) is 17.1 Å². The van der Waals surface area contributed by atoms with Gasteiger partial charge in [-0.15, -0.1) is 0 Å². The van der Waals surface area contributed by atoms with Gasteiger partial charge in [-0.1, -0.05) is 0 Å². The first kappa shape index (κ1) is 16.0. The first-order valence-electron chi connectivity index (χ1n) is 7.85. The summed E-state index contributed by atoms with van der Waals surface area (Å²) >= 11 is 0. The smallest absolute Gasteiger partial charge is 0.335 e. The number of hydrogen-bond donors (Lipinski definition) is 2. The van der Waals surface area contributed by atoms with Gasteiger partial charge in [0.25, 0.3) is 0 Å². The van der Waals surface area contributed by atoms with E-state index in [4.69, 9.17) is 15.6 Å². The van der Waals surface area contributed by atoms with Gasteiger partial charge in [0.05, 0.1) is 24.0 Å². The predicted molar refractivity (Wildman–Crippen MR) is 95.2 cm³/mol. The van der Waals surface area contributed by atoms with Crippen LogP contribution in [0.2, 0.25) is 0 Å². The van der Waals surface area contributed by atoms with Gasteiger partial charge in [0, 0.05) is 31.9 Å². The fraction of sp³-hybridized carbons (Fsp3) is 0.278. The molecule has 1 aliphatic rings. The molecule has 0 unspecified atom stereocenters. The molecule has 1 fully saturated rings. The van der Waals surface area contributed by atoms with E-state index in [1.165, 1.54) is 11.8 Å². The van der Waals surface area contributed by atoms with Crippen molar-refractivity contribution in [2.24, 2.45) is 0 Å². The maximum Gasteiger partial charge on any atom is 0.335 e. The number of rotatable bonds is 4. The number of nitrogens with two attached hydrogens (primary N) is 1. The lowest BCUT2D eigenvalue weighted by molar-refractivity contribution is 0.0697. The normalized spacial score (nSPS) is 14.5. The number of anilines is 3. The van der Waals surface area contributed by atoms with Crippen LogP contribution in [0.15, 0.2) is 42.5 Å². The number of nitrogen functional groups attached to an aromatic ring is 1. The topological polar surface area (TPSA) is 79.0 Å². The molecule has 0 amide bonds. The molecule has 3 N–H and O–H groups in total. The van der Waals surface area contributed by atoms with E-state index < -0.39 is 5.97 Å². The van der Waals surface area contributed by atoms with Gasteiger partial charge in [0.1, 0.15) is 5.75 Å². The molecule has 0 aliphatic carbocycles. The molecule has 24 heavy (non-hydrogen) atoms. The number of aromatic carboxylic acids is 1. The van der Waals surface area contributed by atoms with Crippen LogP contribution in [0, 0.1) is 0 Å². The van der Waals surface area contributed by atoms with Gasteiger partial charge in [-0.3, -0.25) is 0 Å². The minimum Gasteiger partial charge on any atom is -0.497 e. The zero-order valence-corrected chi connectivity index (χ0v) is 13.6. The highest BCUT2D eigenvalue weighted by molar-refractivity contribution is 5.90. The molecular weight excluding hydrogens is 306 g/mol. The molecule has 0 aromatic heterocycles. The first-order valence-corrected chi connectivity index (χ1v) is 7.85. The summed E-state index contributed by atoms with van der Waals surface area (Å²) in [5.41, 5.74) is 8.83. The second-order valence-electron chi connectivity index (χ2n) is 5.75. The highest BCUT2D eigenvalue weighted by atomic mass is 16.5. The number of carboxylic acids is 1. The lowest BCUT2D eigenvalue weighted by Crippen LogP contribution is -2.46. The molecule has 6 nitrogen and oxygen atoms in total. The quantitative estimate of drug-likeness (QED) is 0.839. The third-order valence-corrected chi connectivity index (χ3v) is 4.33. The van der Waals surface area contributed by atoms with Crippen molar-refractivity contribution in [3.05, 3.63) is 48.0 Å². The van der Waals surface area contributed by atoms with Crippen molar-refractivity contribution in [3.63, 3.8) is 0 Å². The van der Waals surface area contributed by atoms with Crippen molar-refractivity contribution in [1.82, 2.24) is 0 Å². The second-order valence-corrected chi connectivity index (χ2v) is 5.75. The van der Waals surface area contributed by atoms with E-state index in [0.717, 1.165) is 37.6 Å². The maximum absolute atomic E-state index is 11.0. The molecule has 3 rings (SSSR count). The molecule has 2 aromatic rings. The number of ether oxygens (including phenoxy) is 1. The Morgan fingerprint density at radius 2 is 1.67 bits per heavy atom. The molecule has 0 atom stereocenters. The number of benzene rings is 2. The van der Waals surface area contributed by atoms with Crippen molar-refractivity contribution in [3.8, 4) is 5.75 Å². The van der Waals surface area contributed by atoms with Crippen molar-refractivity contribution in [1.29, 1.82) is 0 Å². The summed E-state index contributed by atoms with van der Waals surface area (Å²) in [6.45, 7) is 3.43. The Morgan fingerprint density at radius 3 is 2.21 bits per heavy atom. The van der Waals surface area contributed by atoms with Crippen LogP contribution in [0.25, 0.3) is 0 Å². The number of hydrogen-bond acceptors (Lipinski definition) is 5. The number of nitrogens with zero attached hydrogens (tertiary/aromatic N) is 2. The Kier molecular flexibility index (Phi) is 4.46. The van der Waals surface area contributed by atoms with Crippen molar-refractivity contribution in [2.75, 3.05) is 48.8 Å². The van der Waals surface area contributed by atoms with E-state index in [-0.39, 0.29) is 5.56 Å². The van der Waals surface area contributed by atoms with Gasteiger partial charge < -0.3 is 25.4 Å². The molecule has 0 radical (unpaired) electrons. The van der Waals surface area contributed by atoms with Crippen LogP contribution in [-0.2, 0) is 0 Å². The largest absolute Gasteiger partial charge is 0.497 e. The number of methoxy groups -OCH3 is 1. The van der Waals surface area contributed by atoms with Crippen LogP contribution < -0.4 is 20.3 Å².